The molecule has 1 aliphatic rings. The van der Waals surface area contributed by atoms with E-state index in [1.54, 1.807) is 0 Å². The molecule has 2 rings (SSSR count). The Morgan fingerprint density at radius 2 is 2.04 bits per heavy atom. The predicted octanol–water partition coefficient (Wildman–Crippen LogP) is 1.26. The Morgan fingerprint density at radius 1 is 1.30 bits per heavy atom. The molecule has 0 aliphatic carbocycles. The minimum Gasteiger partial charge on any atom is -0.494 e. The first-order valence-electron chi connectivity index (χ1n) is 9.49. The van der Waals surface area contributed by atoms with Gasteiger partial charge in [0, 0.05) is 19.1 Å². The maximum Gasteiger partial charge on any atom is 0.191 e. The van der Waals surface area contributed by atoms with Crippen LogP contribution in [0.5, 0.6) is 5.75 Å². The van der Waals surface area contributed by atoms with Gasteiger partial charge in [-0.2, -0.15) is 0 Å². The van der Waals surface area contributed by atoms with Crippen LogP contribution in [0.3, 0.4) is 0 Å². The Balaban J connectivity index is 1.84. The van der Waals surface area contributed by atoms with Crippen LogP contribution in [0.4, 0.5) is 0 Å². The van der Waals surface area contributed by atoms with Gasteiger partial charge in [-0.25, -0.2) is 13.4 Å². The van der Waals surface area contributed by atoms with Gasteiger partial charge in [-0.3, -0.25) is 0 Å². The molecule has 1 atom stereocenters. The van der Waals surface area contributed by atoms with Gasteiger partial charge in [-0.1, -0.05) is 12.1 Å². The molecule has 1 fully saturated rings. The SMILES string of the molecule is CCNC(=NCc1ccc(OCCCN(C)C)cc1)NC1CCS(=O)(=O)C1. The number of aliphatic imine (C=N–C) groups is 1. The van der Waals surface area contributed by atoms with E-state index in [2.05, 4.69) is 34.6 Å². The van der Waals surface area contributed by atoms with Crippen molar-refractivity contribution in [2.75, 3.05) is 45.3 Å². The van der Waals surface area contributed by atoms with Crippen LogP contribution in [0.2, 0.25) is 0 Å². The second-order valence-electron chi connectivity index (χ2n) is 7.09. The first-order chi connectivity index (χ1) is 12.9. The van der Waals surface area contributed by atoms with E-state index in [1.807, 2.05) is 31.2 Å². The lowest BCUT2D eigenvalue weighted by Gasteiger charge is -2.15. The number of rotatable bonds is 9. The predicted molar refractivity (Wildman–Crippen MR) is 110 cm³/mol. The third kappa shape index (κ3) is 8.17. The number of benzene rings is 1. The summed E-state index contributed by atoms with van der Waals surface area (Å²) in [5.41, 5.74) is 1.08. The van der Waals surface area contributed by atoms with Crippen molar-refractivity contribution >= 4 is 15.8 Å². The standard InChI is InChI=1S/C19H32N4O3S/c1-4-20-19(22-17-10-13-27(24,25)15-17)21-14-16-6-8-18(9-7-16)26-12-5-11-23(2)3/h6-9,17H,4-5,10-15H2,1-3H3,(H2,20,21,22). The van der Waals surface area contributed by atoms with Gasteiger partial charge in [-0.15, -0.1) is 0 Å². The van der Waals surface area contributed by atoms with Crippen LogP contribution in [0.1, 0.15) is 25.3 Å². The lowest BCUT2D eigenvalue weighted by Crippen LogP contribution is -2.44. The van der Waals surface area contributed by atoms with E-state index in [9.17, 15) is 8.42 Å². The molecular formula is C19H32N4O3S. The molecule has 1 unspecified atom stereocenters. The Kier molecular flexibility index (Phi) is 8.37. The topological polar surface area (TPSA) is 83.0 Å². The summed E-state index contributed by atoms with van der Waals surface area (Å²) < 4.78 is 28.9. The van der Waals surface area contributed by atoms with E-state index < -0.39 is 9.84 Å². The third-order valence-electron chi connectivity index (χ3n) is 4.28. The Hall–Kier alpha value is -1.80. The van der Waals surface area contributed by atoms with Crippen molar-refractivity contribution in [1.82, 2.24) is 15.5 Å². The molecule has 0 aromatic heterocycles. The summed E-state index contributed by atoms with van der Waals surface area (Å²) in [4.78, 5) is 6.71. The molecule has 8 heteroatoms. The summed E-state index contributed by atoms with van der Waals surface area (Å²) >= 11 is 0. The van der Waals surface area contributed by atoms with Crippen LogP contribution in [0.25, 0.3) is 0 Å². The molecule has 0 saturated carbocycles. The van der Waals surface area contributed by atoms with Crippen LogP contribution >= 0.6 is 0 Å². The van der Waals surface area contributed by atoms with Gasteiger partial charge in [-0.05, 0) is 51.6 Å². The number of guanidine groups is 1. The van der Waals surface area contributed by atoms with E-state index in [0.717, 1.165) is 30.8 Å². The zero-order valence-corrected chi connectivity index (χ0v) is 17.4. The molecule has 1 aromatic rings. The molecule has 0 radical (unpaired) electrons. The lowest BCUT2D eigenvalue weighted by molar-refractivity contribution is 0.281. The third-order valence-corrected chi connectivity index (χ3v) is 6.05. The summed E-state index contributed by atoms with van der Waals surface area (Å²) in [6.45, 7) is 4.95. The minimum atomic E-state index is -2.90. The van der Waals surface area contributed by atoms with Crippen molar-refractivity contribution in [2.45, 2.75) is 32.4 Å². The monoisotopic (exact) mass is 396 g/mol. The fourth-order valence-corrected chi connectivity index (χ4v) is 4.53. The van der Waals surface area contributed by atoms with Crippen molar-refractivity contribution in [2.24, 2.45) is 4.99 Å². The Morgan fingerprint density at radius 3 is 2.63 bits per heavy atom. The summed E-state index contributed by atoms with van der Waals surface area (Å²) in [5, 5.41) is 6.41. The lowest BCUT2D eigenvalue weighted by atomic mass is 10.2. The Bertz CT molecular complexity index is 702. The average Bonchev–Trinajstić information content (AvgIpc) is 2.96. The van der Waals surface area contributed by atoms with Crippen LogP contribution in [-0.2, 0) is 16.4 Å². The molecule has 0 amide bonds. The van der Waals surface area contributed by atoms with Gasteiger partial charge < -0.3 is 20.3 Å². The first-order valence-corrected chi connectivity index (χ1v) is 11.3. The molecule has 1 heterocycles. The maximum absolute atomic E-state index is 11.6. The van der Waals surface area contributed by atoms with Gasteiger partial charge in [0.25, 0.3) is 0 Å². The molecule has 152 valence electrons. The second kappa shape index (κ2) is 10.5. The summed E-state index contributed by atoms with van der Waals surface area (Å²) in [7, 11) is 1.20. The largest absolute Gasteiger partial charge is 0.494 e. The van der Waals surface area contributed by atoms with Crippen LogP contribution in [0, 0.1) is 0 Å². The highest BCUT2D eigenvalue weighted by molar-refractivity contribution is 7.91. The zero-order chi connectivity index (χ0) is 19.7. The molecule has 27 heavy (non-hydrogen) atoms. The van der Waals surface area contributed by atoms with Gasteiger partial charge >= 0.3 is 0 Å². The molecule has 1 aliphatic heterocycles. The number of sulfone groups is 1. The van der Waals surface area contributed by atoms with E-state index >= 15 is 0 Å². The number of hydrogen-bond donors (Lipinski definition) is 2. The molecule has 2 N–H and O–H groups in total. The van der Waals surface area contributed by atoms with E-state index in [-0.39, 0.29) is 17.5 Å². The number of hydrogen-bond acceptors (Lipinski definition) is 5. The summed E-state index contributed by atoms with van der Waals surface area (Å²) in [6, 6.07) is 7.88. The fraction of sp³-hybridized carbons (Fsp3) is 0.632. The quantitative estimate of drug-likeness (QED) is 0.371. The summed E-state index contributed by atoms with van der Waals surface area (Å²) in [5.74, 6) is 1.95. The number of nitrogens with zero attached hydrogens (tertiary/aromatic N) is 2. The number of ether oxygens (including phenoxy) is 1. The van der Waals surface area contributed by atoms with E-state index in [0.29, 0.717) is 25.5 Å². The van der Waals surface area contributed by atoms with Crippen molar-refractivity contribution in [1.29, 1.82) is 0 Å². The zero-order valence-electron chi connectivity index (χ0n) is 16.6. The first kappa shape index (κ1) is 21.5. The van der Waals surface area contributed by atoms with Gasteiger partial charge in [0.15, 0.2) is 15.8 Å². The molecule has 0 spiro atoms. The van der Waals surface area contributed by atoms with Crippen LogP contribution in [0.15, 0.2) is 29.3 Å². The normalized spacial score (nSPS) is 19.3. The van der Waals surface area contributed by atoms with Gasteiger partial charge in [0.2, 0.25) is 0 Å². The molecular weight excluding hydrogens is 364 g/mol. The second-order valence-corrected chi connectivity index (χ2v) is 9.32. The molecule has 1 saturated heterocycles. The highest BCUT2D eigenvalue weighted by atomic mass is 32.2. The molecule has 0 bridgehead atoms. The molecule has 1 aromatic carbocycles. The van der Waals surface area contributed by atoms with Crippen LogP contribution < -0.4 is 15.4 Å². The van der Waals surface area contributed by atoms with E-state index in [4.69, 9.17) is 4.74 Å². The van der Waals surface area contributed by atoms with E-state index in [1.165, 1.54) is 0 Å². The smallest absolute Gasteiger partial charge is 0.191 e. The minimum absolute atomic E-state index is 0.0641. The highest BCUT2D eigenvalue weighted by Crippen LogP contribution is 2.14. The average molecular weight is 397 g/mol. The fourth-order valence-electron chi connectivity index (χ4n) is 2.85. The van der Waals surface area contributed by atoms with Gasteiger partial charge in [0.1, 0.15) is 5.75 Å². The highest BCUT2D eigenvalue weighted by Gasteiger charge is 2.28. The maximum atomic E-state index is 11.6. The van der Waals surface area contributed by atoms with Crippen molar-refractivity contribution < 1.29 is 13.2 Å². The molecule has 7 nitrogen and oxygen atoms in total. The van der Waals surface area contributed by atoms with Crippen molar-refractivity contribution in [3.63, 3.8) is 0 Å². The van der Waals surface area contributed by atoms with Crippen LogP contribution in [-0.4, -0.2) is 70.6 Å². The Labute approximate surface area is 163 Å². The summed E-state index contributed by atoms with van der Waals surface area (Å²) in [6.07, 6.45) is 1.63. The number of nitrogens with one attached hydrogen (secondary N) is 2. The van der Waals surface area contributed by atoms with Crippen molar-refractivity contribution in [3.8, 4) is 5.75 Å². The van der Waals surface area contributed by atoms with Crippen molar-refractivity contribution in [3.05, 3.63) is 29.8 Å². The van der Waals surface area contributed by atoms with Gasteiger partial charge in [0.05, 0.1) is 24.7 Å².